The van der Waals surface area contributed by atoms with Gasteiger partial charge in [0.05, 0.1) is 0 Å². The minimum atomic E-state index is -1.06. The van der Waals surface area contributed by atoms with Crippen LogP contribution in [0.4, 0.5) is 0 Å². The number of hydrogen-bond acceptors (Lipinski definition) is 3. The lowest BCUT2D eigenvalue weighted by atomic mass is 10.1. The molecule has 5 heteroatoms. The highest BCUT2D eigenvalue weighted by Gasteiger charge is 1.98. The van der Waals surface area contributed by atoms with E-state index >= 15 is 0 Å². The summed E-state index contributed by atoms with van der Waals surface area (Å²) in [5.41, 5.74) is 0. The van der Waals surface area contributed by atoms with Crippen LogP contribution in [0.1, 0.15) is 84.5 Å². The van der Waals surface area contributed by atoms with Crippen LogP contribution in [0.25, 0.3) is 0 Å². The van der Waals surface area contributed by atoms with E-state index < -0.39 is 11.9 Å². The molecule has 21 heavy (non-hydrogen) atoms. The van der Waals surface area contributed by atoms with Crippen LogP contribution in [0.5, 0.6) is 0 Å². The SMILES string of the molecule is CC(=O)CC(=O)O.CCCCCCCCCCCC(=O)O. The van der Waals surface area contributed by atoms with Crippen molar-refractivity contribution in [3.8, 4) is 0 Å². The van der Waals surface area contributed by atoms with Crippen LogP contribution in [0, 0.1) is 0 Å². The Kier molecular flexibility index (Phi) is 17.4. The van der Waals surface area contributed by atoms with Gasteiger partial charge in [-0.25, -0.2) is 0 Å². The molecule has 0 fully saturated rings. The van der Waals surface area contributed by atoms with Gasteiger partial charge in [-0.1, -0.05) is 58.3 Å². The van der Waals surface area contributed by atoms with E-state index in [9.17, 15) is 14.4 Å². The highest BCUT2D eigenvalue weighted by atomic mass is 16.4. The van der Waals surface area contributed by atoms with E-state index in [2.05, 4.69) is 6.92 Å². The van der Waals surface area contributed by atoms with Gasteiger partial charge in [0.2, 0.25) is 0 Å². The van der Waals surface area contributed by atoms with Crippen molar-refractivity contribution in [3.05, 3.63) is 0 Å². The summed E-state index contributed by atoms with van der Waals surface area (Å²) >= 11 is 0. The van der Waals surface area contributed by atoms with E-state index in [1.165, 1.54) is 51.9 Å². The maximum Gasteiger partial charge on any atom is 0.310 e. The summed E-state index contributed by atoms with van der Waals surface area (Å²) in [6, 6.07) is 0. The highest BCUT2D eigenvalue weighted by Crippen LogP contribution is 2.10. The first-order valence-corrected chi connectivity index (χ1v) is 7.83. The Morgan fingerprint density at radius 2 is 1.14 bits per heavy atom. The van der Waals surface area contributed by atoms with Gasteiger partial charge in [-0.05, 0) is 13.3 Å². The molecular formula is C16H30O5. The molecule has 0 saturated carbocycles. The van der Waals surface area contributed by atoms with Crippen molar-refractivity contribution >= 4 is 17.7 Å². The number of rotatable bonds is 12. The molecule has 0 atom stereocenters. The topological polar surface area (TPSA) is 91.7 Å². The molecule has 5 nitrogen and oxygen atoms in total. The number of carbonyl (C=O) groups is 3. The third-order valence-electron chi connectivity index (χ3n) is 2.89. The first-order chi connectivity index (χ1) is 9.90. The molecule has 0 aliphatic rings. The number of aliphatic carboxylic acids is 2. The van der Waals surface area contributed by atoms with Gasteiger partial charge in [-0.3, -0.25) is 14.4 Å². The van der Waals surface area contributed by atoms with E-state index in [0.29, 0.717) is 6.42 Å². The average Bonchev–Trinajstić information content (AvgIpc) is 2.35. The lowest BCUT2D eigenvalue weighted by Gasteiger charge is -2.00. The summed E-state index contributed by atoms with van der Waals surface area (Å²) < 4.78 is 0. The molecule has 0 aliphatic carbocycles. The fourth-order valence-electron chi connectivity index (χ4n) is 1.80. The predicted octanol–water partition coefficient (Wildman–Crippen LogP) is 4.04. The van der Waals surface area contributed by atoms with Crippen LogP contribution in [0.2, 0.25) is 0 Å². The third kappa shape index (κ3) is 27.7. The van der Waals surface area contributed by atoms with Crippen molar-refractivity contribution in [1.29, 1.82) is 0 Å². The van der Waals surface area contributed by atoms with Crippen molar-refractivity contribution < 1.29 is 24.6 Å². The maximum atomic E-state index is 10.2. The molecule has 0 aromatic rings. The molecule has 0 radical (unpaired) electrons. The van der Waals surface area contributed by atoms with Gasteiger partial charge in [-0.15, -0.1) is 0 Å². The monoisotopic (exact) mass is 302 g/mol. The zero-order valence-electron chi connectivity index (χ0n) is 13.4. The second kappa shape index (κ2) is 16.7. The Morgan fingerprint density at radius 3 is 1.43 bits per heavy atom. The Morgan fingerprint density at radius 1 is 0.714 bits per heavy atom. The van der Waals surface area contributed by atoms with Crippen LogP contribution in [0.3, 0.4) is 0 Å². The zero-order valence-corrected chi connectivity index (χ0v) is 13.4. The number of hydrogen-bond donors (Lipinski definition) is 2. The molecule has 0 spiro atoms. The van der Waals surface area contributed by atoms with Gasteiger partial charge in [0.1, 0.15) is 12.2 Å². The number of carboxylic acid groups (broad SMARTS) is 2. The van der Waals surface area contributed by atoms with Gasteiger partial charge in [0, 0.05) is 6.42 Å². The third-order valence-corrected chi connectivity index (χ3v) is 2.89. The van der Waals surface area contributed by atoms with Gasteiger partial charge >= 0.3 is 11.9 Å². The minimum absolute atomic E-state index is 0.312. The quantitative estimate of drug-likeness (QED) is 0.419. The molecule has 0 unspecified atom stereocenters. The minimum Gasteiger partial charge on any atom is -0.481 e. The highest BCUT2D eigenvalue weighted by molar-refractivity contribution is 5.93. The van der Waals surface area contributed by atoms with Gasteiger partial charge in [0.15, 0.2) is 0 Å². The number of carboxylic acids is 2. The first-order valence-electron chi connectivity index (χ1n) is 7.83. The zero-order chi connectivity index (χ0) is 16.5. The summed E-state index contributed by atoms with van der Waals surface area (Å²) in [7, 11) is 0. The second-order valence-corrected chi connectivity index (χ2v) is 5.24. The van der Waals surface area contributed by atoms with E-state index in [1.807, 2.05) is 0 Å². The Hall–Kier alpha value is -1.39. The smallest absolute Gasteiger partial charge is 0.310 e. The van der Waals surface area contributed by atoms with Gasteiger partial charge in [0.25, 0.3) is 0 Å². The molecule has 0 aromatic carbocycles. The first kappa shape index (κ1) is 21.9. The van der Waals surface area contributed by atoms with Gasteiger partial charge < -0.3 is 10.2 Å². The van der Waals surface area contributed by atoms with Crippen molar-refractivity contribution in [2.24, 2.45) is 0 Å². The summed E-state index contributed by atoms with van der Waals surface area (Å²) in [6.45, 7) is 3.47. The van der Waals surface area contributed by atoms with Crippen LogP contribution in [0.15, 0.2) is 0 Å². The lowest BCUT2D eigenvalue weighted by molar-refractivity contribution is -0.140. The molecule has 0 bridgehead atoms. The van der Waals surface area contributed by atoms with E-state index in [4.69, 9.17) is 10.2 Å². The van der Waals surface area contributed by atoms with Crippen molar-refractivity contribution in [3.63, 3.8) is 0 Å². The molecule has 0 aliphatic heterocycles. The summed E-state index contributed by atoms with van der Waals surface area (Å²) in [4.78, 5) is 29.7. The van der Waals surface area contributed by atoms with Crippen LogP contribution in [-0.2, 0) is 14.4 Å². The fourth-order valence-corrected chi connectivity index (χ4v) is 1.80. The molecule has 0 heterocycles. The van der Waals surface area contributed by atoms with E-state index in [1.54, 1.807) is 0 Å². The average molecular weight is 302 g/mol. The number of ketones is 1. The van der Waals surface area contributed by atoms with Crippen molar-refractivity contribution in [2.45, 2.75) is 84.5 Å². The Labute approximate surface area is 127 Å². The summed E-state index contributed by atoms with van der Waals surface area (Å²) in [5, 5.41) is 16.3. The Balaban J connectivity index is 0. The molecule has 2 N–H and O–H groups in total. The molecule has 0 aromatic heterocycles. The summed E-state index contributed by atoms with van der Waals surface area (Å²) in [6.07, 6.45) is 11.1. The molecule has 0 amide bonds. The lowest BCUT2D eigenvalue weighted by Crippen LogP contribution is -2.00. The van der Waals surface area contributed by atoms with Crippen LogP contribution < -0.4 is 0 Å². The number of unbranched alkanes of at least 4 members (excludes halogenated alkanes) is 8. The van der Waals surface area contributed by atoms with Crippen molar-refractivity contribution in [2.75, 3.05) is 0 Å². The largest absolute Gasteiger partial charge is 0.481 e. The van der Waals surface area contributed by atoms with Crippen molar-refractivity contribution in [1.82, 2.24) is 0 Å². The van der Waals surface area contributed by atoms with E-state index in [0.717, 1.165) is 12.8 Å². The molecule has 0 rings (SSSR count). The standard InChI is InChI=1S/C12H24O2.C4H6O3/c1-2-3-4-5-6-7-8-9-10-11-12(13)14;1-3(5)2-4(6)7/h2-11H2,1H3,(H,13,14);2H2,1H3,(H,6,7). The molecule has 124 valence electrons. The summed E-state index contributed by atoms with van der Waals surface area (Å²) in [5.74, 6) is -2.03. The second-order valence-electron chi connectivity index (χ2n) is 5.24. The van der Waals surface area contributed by atoms with Crippen LogP contribution in [-0.4, -0.2) is 27.9 Å². The molecule has 0 saturated heterocycles. The molecular weight excluding hydrogens is 272 g/mol. The predicted molar refractivity (Wildman–Crippen MR) is 82.4 cm³/mol. The number of Topliss-reactive ketones (excluding diaryl/α,β-unsaturated/α-hetero) is 1. The van der Waals surface area contributed by atoms with Gasteiger partial charge in [-0.2, -0.15) is 0 Å². The normalized spacial score (nSPS) is 9.62. The Bertz CT molecular complexity index is 274. The van der Waals surface area contributed by atoms with Crippen LogP contribution >= 0.6 is 0 Å². The van der Waals surface area contributed by atoms with E-state index in [-0.39, 0.29) is 12.2 Å². The number of carbonyl (C=O) groups excluding carboxylic acids is 1. The maximum absolute atomic E-state index is 10.2. The fraction of sp³-hybridized carbons (Fsp3) is 0.812.